The number of benzene rings is 2. The molecule has 0 radical (unpaired) electrons. The average Bonchev–Trinajstić information content (AvgIpc) is 3.25. The van der Waals surface area contributed by atoms with Crippen LogP contribution in [0, 0.1) is 5.82 Å². The molecule has 0 fully saturated rings. The maximum Gasteiger partial charge on any atom is 0.262 e. The molecular weight excluding hydrogens is 467 g/mol. The summed E-state index contributed by atoms with van der Waals surface area (Å²) in [7, 11) is 0. The van der Waals surface area contributed by atoms with E-state index in [0.717, 1.165) is 0 Å². The molecule has 0 aliphatic carbocycles. The first kappa shape index (κ1) is 23.4. The molecule has 0 saturated heterocycles. The Hall–Kier alpha value is -2.75. The minimum absolute atomic E-state index is 0.125. The summed E-state index contributed by atoms with van der Waals surface area (Å²) in [5, 5.41) is 5.50. The summed E-state index contributed by atoms with van der Waals surface area (Å²) in [5.41, 5.74) is 1.04. The number of rotatable bonds is 9. The maximum absolute atomic E-state index is 13.2. The van der Waals surface area contributed by atoms with Crippen molar-refractivity contribution in [2.24, 2.45) is 0 Å². The molecule has 2 heterocycles. The second-order valence-corrected chi connectivity index (χ2v) is 8.97. The molecule has 0 bridgehead atoms. The molecule has 172 valence electrons. The number of nitrogens with zero attached hydrogens (tertiary/aromatic N) is 4. The largest absolute Gasteiger partial charge is 0.379 e. The van der Waals surface area contributed by atoms with Gasteiger partial charge in [0, 0.05) is 23.7 Å². The third kappa shape index (κ3) is 5.79. The predicted octanol–water partition coefficient (Wildman–Crippen LogP) is 5.35. The Morgan fingerprint density at radius 1 is 1.18 bits per heavy atom. The van der Waals surface area contributed by atoms with Gasteiger partial charge in [-0.1, -0.05) is 28.5 Å². The fourth-order valence-electron chi connectivity index (χ4n) is 3.18. The van der Waals surface area contributed by atoms with Gasteiger partial charge in [-0.15, -0.1) is 0 Å². The van der Waals surface area contributed by atoms with Crippen LogP contribution in [0.4, 0.5) is 4.39 Å². The summed E-state index contributed by atoms with van der Waals surface area (Å²) < 4.78 is 25.7. The molecule has 4 rings (SSSR count). The van der Waals surface area contributed by atoms with E-state index in [0.29, 0.717) is 63.7 Å². The van der Waals surface area contributed by atoms with E-state index in [-0.39, 0.29) is 17.5 Å². The number of hydrogen-bond acceptors (Lipinski definition) is 7. The van der Waals surface area contributed by atoms with Crippen molar-refractivity contribution in [3.05, 3.63) is 69.5 Å². The highest BCUT2D eigenvalue weighted by Crippen LogP contribution is 2.25. The minimum atomic E-state index is -0.336. The molecule has 10 heteroatoms. The number of halogens is 2. The summed E-state index contributed by atoms with van der Waals surface area (Å²) in [5.74, 6) is 0.716. The van der Waals surface area contributed by atoms with Crippen LogP contribution in [0.5, 0.6) is 0 Å². The normalized spacial score (nSPS) is 11.5. The highest BCUT2D eigenvalue weighted by molar-refractivity contribution is 7.98. The van der Waals surface area contributed by atoms with Gasteiger partial charge >= 0.3 is 0 Å². The zero-order valence-electron chi connectivity index (χ0n) is 18.1. The lowest BCUT2D eigenvalue weighted by molar-refractivity contribution is 0.0743. The van der Waals surface area contributed by atoms with Crippen molar-refractivity contribution in [2.75, 3.05) is 6.61 Å². The zero-order chi connectivity index (χ0) is 23.4. The number of fused-ring (bicyclic) bond motifs is 1. The van der Waals surface area contributed by atoms with Crippen molar-refractivity contribution in [1.29, 1.82) is 0 Å². The van der Waals surface area contributed by atoms with Crippen LogP contribution in [0.15, 0.2) is 56.9 Å². The number of thioether (sulfide) groups is 1. The van der Waals surface area contributed by atoms with Gasteiger partial charge in [0.05, 0.1) is 22.8 Å². The van der Waals surface area contributed by atoms with E-state index < -0.39 is 0 Å². The van der Waals surface area contributed by atoms with Crippen LogP contribution < -0.4 is 5.56 Å². The lowest BCUT2D eigenvalue weighted by Gasteiger charge is -2.13. The Kier molecular flexibility index (Phi) is 7.42. The lowest BCUT2D eigenvalue weighted by Crippen LogP contribution is -2.24. The molecular formula is C23H22ClFN4O3S. The van der Waals surface area contributed by atoms with Gasteiger partial charge in [0.2, 0.25) is 11.7 Å². The molecule has 0 spiro atoms. The maximum atomic E-state index is 13.2. The van der Waals surface area contributed by atoms with E-state index in [1.165, 1.54) is 23.9 Å². The van der Waals surface area contributed by atoms with E-state index in [2.05, 4.69) is 15.1 Å². The fraction of sp³-hybridized carbons (Fsp3) is 0.304. The Balaban J connectivity index is 1.57. The van der Waals surface area contributed by atoms with Crippen LogP contribution in [0.1, 0.15) is 26.2 Å². The highest BCUT2D eigenvalue weighted by atomic mass is 35.5. The monoisotopic (exact) mass is 488 g/mol. The smallest absolute Gasteiger partial charge is 0.262 e. The zero-order valence-corrected chi connectivity index (χ0v) is 19.7. The Morgan fingerprint density at radius 3 is 2.73 bits per heavy atom. The van der Waals surface area contributed by atoms with Crippen molar-refractivity contribution >= 4 is 34.3 Å². The molecule has 7 nitrogen and oxygen atoms in total. The molecule has 0 saturated carbocycles. The minimum Gasteiger partial charge on any atom is -0.379 e. The fourth-order valence-corrected chi connectivity index (χ4v) is 4.21. The summed E-state index contributed by atoms with van der Waals surface area (Å²) >= 11 is 7.43. The summed E-state index contributed by atoms with van der Waals surface area (Å²) in [6, 6.07) is 10.9. The van der Waals surface area contributed by atoms with Crippen LogP contribution in [-0.2, 0) is 17.0 Å². The van der Waals surface area contributed by atoms with E-state index in [1.54, 1.807) is 34.9 Å². The molecule has 2 aromatic carbocycles. The quantitative estimate of drug-likeness (QED) is 0.178. The average molecular weight is 489 g/mol. The molecule has 33 heavy (non-hydrogen) atoms. The first-order chi connectivity index (χ1) is 15.9. The molecule has 2 aromatic heterocycles. The SMILES string of the molecule is CC(C)OCCCn1c(SCc2nc(-c3ccc(F)cc3)no2)nc2cc(Cl)ccc2c1=O. The molecule has 0 unspecified atom stereocenters. The molecule has 0 N–H and O–H groups in total. The Bertz CT molecular complexity index is 1310. The van der Waals surface area contributed by atoms with Crippen LogP contribution in [-0.4, -0.2) is 32.4 Å². The molecule has 0 aliphatic rings. The van der Waals surface area contributed by atoms with Gasteiger partial charge in [-0.25, -0.2) is 9.37 Å². The van der Waals surface area contributed by atoms with Gasteiger partial charge in [0.15, 0.2) is 5.16 Å². The number of aromatic nitrogens is 4. The van der Waals surface area contributed by atoms with Crippen molar-refractivity contribution in [1.82, 2.24) is 19.7 Å². The molecule has 0 aliphatic heterocycles. The van der Waals surface area contributed by atoms with Gasteiger partial charge in [-0.2, -0.15) is 4.98 Å². The molecule has 0 amide bonds. The van der Waals surface area contributed by atoms with E-state index in [4.69, 9.17) is 20.9 Å². The van der Waals surface area contributed by atoms with Crippen LogP contribution in [0.3, 0.4) is 0 Å². The van der Waals surface area contributed by atoms with E-state index in [1.807, 2.05) is 13.8 Å². The summed E-state index contributed by atoms with van der Waals surface area (Å²) in [6.45, 7) is 4.94. The van der Waals surface area contributed by atoms with Gasteiger partial charge in [0.25, 0.3) is 5.56 Å². The van der Waals surface area contributed by atoms with Gasteiger partial charge in [-0.05, 0) is 62.7 Å². The number of ether oxygens (including phenoxy) is 1. The van der Waals surface area contributed by atoms with Crippen molar-refractivity contribution in [3.63, 3.8) is 0 Å². The molecule has 4 aromatic rings. The van der Waals surface area contributed by atoms with Crippen LogP contribution in [0.25, 0.3) is 22.3 Å². The van der Waals surface area contributed by atoms with Crippen LogP contribution in [0.2, 0.25) is 5.02 Å². The highest BCUT2D eigenvalue weighted by Gasteiger charge is 2.15. The summed E-state index contributed by atoms with van der Waals surface area (Å²) in [6.07, 6.45) is 0.794. The third-order valence-electron chi connectivity index (χ3n) is 4.75. The number of hydrogen-bond donors (Lipinski definition) is 0. The van der Waals surface area contributed by atoms with E-state index >= 15 is 0 Å². The van der Waals surface area contributed by atoms with Gasteiger partial charge in [0.1, 0.15) is 5.82 Å². The Labute approximate surface area is 198 Å². The predicted molar refractivity (Wildman–Crippen MR) is 126 cm³/mol. The third-order valence-corrected chi connectivity index (χ3v) is 5.95. The second kappa shape index (κ2) is 10.5. The topological polar surface area (TPSA) is 83.0 Å². The van der Waals surface area contributed by atoms with Crippen LogP contribution >= 0.6 is 23.4 Å². The van der Waals surface area contributed by atoms with Gasteiger partial charge in [-0.3, -0.25) is 9.36 Å². The summed E-state index contributed by atoms with van der Waals surface area (Å²) in [4.78, 5) is 22.2. The van der Waals surface area contributed by atoms with Crippen molar-refractivity contribution in [3.8, 4) is 11.4 Å². The first-order valence-corrected chi connectivity index (χ1v) is 11.8. The second-order valence-electron chi connectivity index (χ2n) is 7.59. The van der Waals surface area contributed by atoms with Crippen molar-refractivity contribution in [2.45, 2.75) is 43.8 Å². The van der Waals surface area contributed by atoms with E-state index in [9.17, 15) is 9.18 Å². The molecule has 0 atom stereocenters. The van der Waals surface area contributed by atoms with Gasteiger partial charge < -0.3 is 9.26 Å². The Morgan fingerprint density at radius 2 is 1.97 bits per heavy atom. The van der Waals surface area contributed by atoms with Crippen molar-refractivity contribution < 1.29 is 13.7 Å². The standard InChI is InChI=1S/C23H22ClFN4O3S/c1-14(2)31-11-3-10-29-22(30)18-9-6-16(24)12-19(18)26-23(29)33-13-20-27-21(28-32-20)15-4-7-17(25)8-5-15/h4-9,12,14H,3,10-11,13H2,1-2H3. The lowest BCUT2D eigenvalue weighted by atomic mass is 10.2. The first-order valence-electron chi connectivity index (χ1n) is 10.4.